The number of hydrogen-bond acceptors (Lipinski definition) is 3. The maximum atomic E-state index is 10.6. The van der Waals surface area contributed by atoms with E-state index in [4.69, 9.17) is 0 Å². The van der Waals surface area contributed by atoms with Crippen molar-refractivity contribution in [1.82, 2.24) is 13.7 Å². The molecule has 0 saturated heterocycles. The van der Waals surface area contributed by atoms with Crippen molar-refractivity contribution in [3.8, 4) is 46.4 Å². The fourth-order valence-corrected chi connectivity index (χ4v) is 8.89. The van der Waals surface area contributed by atoms with Crippen LogP contribution in [0.3, 0.4) is 0 Å². The van der Waals surface area contributed by atoms with E-state index in [1.807, 2.05) is 66.7 Å². The topological polar surface area (TPSA) is 86.2 Å². The lowest BCUT2D eigenvalue weighted by molar-refractivity contribution is 1.16. The van der Waals surface area contributed by atoms with Crippen molar-refractivity contribution in [2.24, 2.45) is 0 Å². The second-order valence-corrected chi connectivity index (χ2v) is 14.3. The third-order valence-corrected chi connectivity index (χ3v) is 11.3. The molecule has 8 aromatic carbocycles. The van der Waals surface area contributed by atoms with Gasteiger partial charge in [0.25, 0.3) is 0 Å². The number of rotatable bonds is 4. The second-order valence-electron chi connectivity index (χ2n) is 14.3. The molecule has 0 aliphatic heterocycles. The minimum atomic E-state index is 0.457. The van der Waals surface area contributed by atoms with Gasteiger partial charge in [0, 0.05) is 60.5 Å². The number of nitrogens with zero attached hydrogens (tertiary/aromatic N) is 6. The first-order valence-corrected chi connectivity index (χ1v) is 18.7. The molecule has 6 heteroatoms. The number of nitriles is 3. The summed E-state index contributed by atoms with van der Waals surface area (Å²) in [5.41, 5.74) is 12.0. The molecule has 0 unspecified atom stereocenters. The summed E-state index contributed by atoms with van der Waals surface area (Å²) in [7, 11) is 0. The van der Waals surface area contributed by atoms with E-state index in [2.05, 4.69) is 135 Å². The molecule has 0 spiro atoms. The number of aromatic nitrogens is 3. The van der Waals surface area contributed by atoms with Crippen LogP contribution < -0.4 is 0 Å². The third-order valence-electron chi connectivity index (χ3n) is 11.3. The first kappa shape index (κ1) is 32.1. The maximum Gasteiger partial charge on any atom is 0.0998 e. The minimum Gasteiger partial charge on any atom is -0.309 e. The zero-order valence-electron chi connectivity index (χ0n) is 30.3. The highest BCUT2D eigenvalue weighted by Crippen LogP contribution is 2.39. The van der Waals surface area contributed by atoms with Crippen molar-refractivity contribution in [2.75, 3.05) is 0 Å². The lowest BCUT2D eigenvalue weighted by Crippen LogP contribution is -1.99. The lowest BCUT2D eigenvalue weighted by Gasteiger charge is -2.15. The predicted molar refractivity (Wildman–Crippen MR) is 229 cm³/mol. The van der Waals surface area contributed by atoms with Gasteiger partial charge in [-0.3, -0.25) is 0 Å². The fraction of sp³-hybridized carbons (Fsp3) is 0. The van der Waals surface area contributed by atoms with Crippen LogP contribution in [-0.4, -0.2) is 13.7 Å². The molecule has 3 heterocycles. The Morgan fingerprint density at radius 3 is 1.26 bits per heavy atom. The molecule has 0 fully saturated rings. The summed E-state index contributed by atoms with van der Waals surface area (Å²) < 4.78 is 6.72. The third kappa shape index (κ3) is 4.68. The Bertz CT molecular complexity index is 3580. The number of hydrogen-bond donors (Lipinski definition) is 0. The van der Waals surface area contributed by atoms with Crippen molar-refractivity contribution in [2.45, 2.75) is 0 Å². The van der Waals surface area contributed by atoms with Gasteiger partial charge in [-0.25, -0.2) is 0 Å². The fourth-order valence-electron chi connectivity index (χ4n) is 8.89. The first-order chi connectivity index (χ1) is 28.1. The molecule has 11 aromatic rings. The summed E-state index contributed by atoms with van der Waals surface area (Å²) in [5, 5.41) is 37.3. The van der Waals surface area contributed by atoms with Gasteiger partial charge in [0.2, 0.25) is 0 Å². The largest absolute Gasteiger partial charge is 0.309 e. The quantitative estimate of drug-likeness (QED) is 0.181. The zero-order chi connectivity index (χ0) is 38.2. The summed E-state index contributed by atoms with van der Waals surface area (Å²) in [4.78, 5) is 0. The molecule has 0 bridgehead atoms. The summed E-state index contributed by atoms with van der Waals surface area (Å²) in [6, 6.07) is 64.8. The Hall–Kier alpha value is -8.37. The molecule has 0 aliphatic carbocycles. The Labute approximate surface area is 326 Å². The van der Waals surface area contributed by atoms with Gasteiger partial charge in [0.1, 0.15) is 0 Å². The van der Waals surface area contributed by atoms with Crippen LogP contribution in [0.25, 0.3) is 93.6 Å². The van der Waals surface area contributed by atoms with Gasteiger partial charge in [-0.2, -0.15) is 15.8 Å². The van der Waals surface area contributed by atoms with Gasteiger partial charge in [0.05, 0.1) is 68.0 Å². The molecule has 0 atom stereocenters. The van der Waals surface area contributed by atoms with Crippen LogP contribution in [0.1, 0.15) is 16.7 Å². The van der Waals surface area contributed by atoms with Crippen molar-refractivity contribution in [3.05, 3.63) is 187 Å². The van der Waals surface area contributed by atoms with Gasteiger partial charge in [-0.1, -0.05) is 78.9 Å². The normalized spacial score (nSPS) is 11.5. The van der Waals surface area contributed by atoms with E-state index in [-0.39, 0.29) is 0 Å². The van der Waals surface area contributed by atoms with Crippen molar-refractivity contribution >= 4 is 65.4 Å². The number of para-hydroxylation sites is 4. The molecule has 3 aromatic heterocycles. The van der Waals surface area contributed by atoms with Gasteiger partial charge < -0.3 is 13.7 Å². The van der Waals surface area contributed by atoms with Crippen molar-refractivity contribution in [3.63, 3.8) is 0 Å². The average Bonchev–Trinajstić information content (AvgIpc) is 3.91. The molecule has 0 amide bonds. The summed E-state index contributed by atoms with van der Waals surface area (Å²) in [6.45, 7) is 0. The SMILES string of the molecule is N#Cc1ccc2c(c1)c1ccccc1n2-c1ccc(-c2cc(-n3c4ccccc4c4cc(-n5c6ccccc6c6ccccc65)ccc43)ccc2C#N)c(C#N)c1. The maximum absolute atomic E-state index is 10.6. The highest BCUT2D eigenvalue weighted by atomic mass is 15.0. The molecule has 11 rings (SSSR count). The van der Waals surface area contributed by atoms with E-state index >= 15 is 0 Å². The number of fused-ring (bicyclic) bond motifs is 9. The molecule has 0 aliphatic rings. The van der Waals surface area contributed by atoms with Gasteiger partial charge in [0.15, 0.2) is 0 Å². The Kier molecular flexibility index (Phi) is 6.95. The monoisotopic (exact) mass is 724 g/mol. The van der Waals surface area contributed by atoms with E-state index in [0.717, 1.165) is 71.7 Å². The molecule has 57 heavy (non-hydrogen) atoms. The molecule has 0 N–H and O–H groups in total. The lowest BCUT2D eigenvalue weighted by atomic mass is 9.95. The molecule has 262 valence electrons. The smallest absolute Gasteiger partial charge is 0.0998 e. The molecular formula is C51H28N6. The summed E-state index contributed by atoms with van der Waals surface area (Å²) in [5.74, 6) is 0. The highest BCUT2D eigenvalue weighted by molar-refractivity contribution is 6.13. The van der Waals surface area contributed by atoms with E-state index in [9.17, 15) is 15.8 Å². The van der Waals surface area contributed by atoms with Crippen LogP contribution >= 0.6 is 0 Å². The molecular weight excluding hydrogens is 697 g/mol. The van der Waals surface area contributed by atoms with Crippen molar-refractivity contribution < 1.29 is 0 Å². The van der Waals surface area contributed by atoms with Crippen molar-refractivity contribution in [1.29, 1.82) is 15.8 Å². The van der Waals surface area contributed by atoms with Crippen LogP contribution in [0, 0.1) is 34.0 Å². The molecule has 0 radical (unpaired) electrons. The summed E-state index contributed by atoms with van der Waals surface area (Å²) in [6.07, 6.45) is 0. The van der Waals surface area contributed by atoms with Gasteiger partial charge in [-0.15, -0.1) is 0 Å². The number of benzene rings is 8. The van der Waals surface area contributed by atoms with Crippen LogP contribution in [0.2, 0.25) is 0 Å². The Balaban J connectivity index is 1.09. The standard InChI is InChI=1S/C51H28N6/c52-29-32-17-23-50-44(25-32)41-11-3-7-15-48(41)55(50)35-20-22-38(34(26-35)31-54)43-27-36(19-18-33(43)30-53)57-49-16-8-4-12-42(49)45-28-37(21-24-51(45)57)56-46-13-5-1-9-39(46)40-10-2-6-14-47(40)56/h1-28H. The zero-order valence-corrected chi connectivity index (χ0v) is 30.3. The first-order valence-electron chi connectivity index (χ1n) is 18.7. The van der Waals surface area contributed by atoms with Crippen LogP contribution in [0.5, 0.6) is 0 Å². The van der Waals surface area contributed by atoms with Gasteiger partial charge >= 0.3 is 0 Å². The van der Waals surface area contributed by atoms with E-state index in [1.54, 1.807) is 0 Å². The molecule has 0 saturated carbocycles. The van der Waals surface area contributed by atoms with E-state index in [1.165, 1.54) is 10.8 Å². The second kappa shape index (κ2) is 12.3. The van der Waals surface area contributed by atoms with Crippen LogP contribution in [-0.2, 0) is 0 Å². The van der Waals surface area contributed by atoms with Crippen LogP contribution in [0.4, 0.5) is 0 Å². The Morgan fingerprint density at radius 1 is 0.298 bits per heavy atom. The minimum absolute atomic E-state index is 0.457. The molecule has 6 nitrogen and oxygen atoms in total. The van der Waals surface area contributed by atoms with E-state index in [0.29, 0.717) is 27.8 Å². The average molecular weight is 725 g/mol. The predicted octanol–water partition coefficient (Wildman–Crippen LogP) is 12.3. The highest BCUT2D eigenvalue weighted by Gasteiger charge is 2.20. The van der Waals surface area contributed by atoms with E-state index < -0.39 is 0 Å². The summed E-state index contributed by atoms with van der Waals surface area (Å²) >= 11 is 0. The van der Waals surface area contributed by atoms with Gasteiger partial charge in [-0.05, 0) is 91.0 Å². The van der Waals surface area contributed by atoms with Crippen LogP contribution in [0.15, 0.2) is 170 Å². The Morgan fingerprint density at radius 2 is 0.719 bits per heavy atom.